The number of nitrogens with zero attached hydrogens (tertiary/aromatic N) is 1. The van der Waals surface area contributed by atoms with Crippen LogP contribution in [0.3, 0.4) is 0 Å². The molecule has 2 unspecified atom stereocenters. The third-order valence-electron chi connectivity index (χ3n) is 4.57. The molecule has 2 aromatic rings. The van der Waals surface area contributed by atoms with Crippen LogP contribution in [0, 0.1) is 0 Å². The first-order chi connectivity index (χ1) is 10.3. The quantitative estimate of drug-likeness (QED) is 0.828. The third kappa shape index (κ3) is 2.00. The first-order valence-corrected chi connectivity index (χ1v) is 7.43. The maximum Gasteiger partial charge on any atom is 0.414 e. The van der Waals surface area contributed by atoms with Crippen molar-refractivity contribution in [2.75, 3.05) is 4.90 Å². The van der Waals surface area contributed by atoms with Gasteiger partial charge in [0.2, 0.25) is 0 Å². The minimum absolute atomic E-state index is 0.224. The maximum absolute atomic E-state index is 12.5. The summed E-state index contributed by atoms with van der Waals surface area (Å²) in [6.07, 6.45) is 2.02. The number of ether oxygens (including phenoxy) is 1. The Bertz CT molecular complexity index is 668. The van der Waals surface area contributed by atoms with E-state index < -0.39 is 0 Å². The summed E-state index contributed by atoms with van der Waals surface area (Å²) in [5.41, 5.74) is 3.34. The van der Waals surface area contributed by atoms with E-state index in [-0.39, 0.29) is 6.09 Å². The molecule has 0 saturated heterocycles. The molecule has 2 aromatic carbocycles. The van der Waals surface area contributed by atoms with Crippen LogP contribution >= 0.6 is 0 Å². The minimum Gasteiger partial charge on any atom is -0.444 e. The molecule has 1 aliphatic heterocycles. The lowest BCUT2D eigenvalue weighted by molar-refractivity contribution is 0.141. The zero-order chi connectivity index (χ0) is 14.2. The van der Waals surface area contributed by atoms with Gasteiger partial charge < -0.3 is 4.74 Å². The summed E-state index contributed by atoms with van der Waals surface area (Å²) in [6.45, 7) is 0.329. The highest BCUT2D eigenvalue weighted by molar-refractivity contribution is 5.92. The topological polar surface area (TPSA) is 29.5 Å². The van der Waals surface area contributed by atoms with Crippen molar-refractivity contribution < 1.29 is 9.53 Å². The molecule has 21 heavy (non-hydrogen) atoms. The lowest BCUT2D eigenvalue weighted by Gasteiger charge is -2.35. The van der Waals surface area contributed by atoms with Crippen LogP contribution in [0.2, 0.25) is 0 Å². The van der Waals surface area contributed by atoms with E-state index in [0.29, 0.717) is 18.6 Å². The van der Waals surface area contributed by atoms with Gasteiger partial charge in [0.15, 0.2) is 0 Å². The molecule has 3 heteroatoms. The fourth-order valence-electron chi connectivity index (χ4n) is 3.38. The number of carbonyl (C=O) groups excluding carboxylic acids is 1. The van der Waals surface area contributed by atoms with E-state index in [1.54, 1.807) is 0 Å². The summed E-state index contributed by atoms with van der Waals surface area (Å²) in [4.78, 5) is 14.3. The smallest absolute Gasteiger partial charge is 0.414 e. The molecule has 2 aliphatic rings. The highest BCUT2D eigenvalue weighted by Gasteiger charge is 2.47. The Kier molecular flexibility index (Phi) is 2.92. The van der Waals surface area contributed by atoms with Crippen LogP contribution < -0.4 is 4.90 Å². The molecule has 1 amide bonds. The molecular formula is C18H17NO2. The van der Waals surface area contributed by atoms with Gasteiger partial charge in [0.05, 0.1) is 5.69 Å². The van der Waals surface area contributed by atoms with Crippen LogP contribution in [0.4, 0.5) is 10.5 Å². The van der Waals surface area contributed by atoms with E-state index in [1.165, 1.54) is 12.0 Å². The molecule has 106 valence electrons. The van der Waals surface area contributed by atoms with E-state index in [4.69, 9.17) is 4.74 Å². The van der Waals surface area contributed by atoms with Crippen molar-refractivity contribution in [2.45, 2.75) is 31.4 Å². The number of hydrogen-bond acceptors (Lipinski definition) is 2. The molecule has 0 N–H and O–H groups in total. The predicted molar refractivity (Wildman–Crippen MR) is 81.3 cm³/mol. The number of carbonyl (C=O) groups is 1. The third-order valence-corrected chi connectivity index (χ3v) is 4.57. The van der Waals surface area contributed by atoms with Crippen molar-refractivity contribution in [2.24, 2.45) is 0 Å². The molecular weight excluding hydrogens is 262 g/mol. The fourth-order valence-corrected chi connectivity index (χ4v) is 3.38. The van der Waals surface area contributed by atoms with Crippen LogP contribution in [-0.4, -0.2) is 12.1 Å². The Hall–Kier alpha value is -2.29. The van der Waals surface area contributed by atoms with Crippen molar-refractivity contribution >= 4 is 11.8 Å². The van der Waals surface area contributed by atoms with E-state index in [0.717, 1.165) is 17.7 Å². The Morgan fingerprint density at radius 1 is 1.05 bits per heavy atom. The highest BCUT2D eigenvalue weighted by Crippen LogP contribution is 2.51. The van der Waals surface area contributed by atoms with Crippen molar-refractivity contribution in [3.8, 4) is 0 Å². The van der Waals surface area contributed by atoms with Crippen LogP contribution in [0.5, 0.6) is 0 Å². The minimum atomic E-state index is -0.224. The summed E-state index contributed by atoms with van der Waals surface area (Å²) in [6, 6.07) is 18.3. The second-order valence-electron chi connectivity index (χ2n) is 5.72. The lowest BCUT2D eigenvalue weighted by atomic mass is 9.78. The SMILES string of the molecule is O=C(OCc1ccccc1)N1c2ccccc2C2CCC21. The summed E-state index contributed by atoms with van der Waals surface area (Å²) in [5.74, 6) is 0.505. The molecule has 3 nitrogen and oxygen atoms in total. The summed E-state index contributed by atoms with van der Waals surface area (Å²) >= 11 is 0. The average Bonchev–Trinajstić information content (AvgIpc) is 2.73. The van der Waals surface area contributed by atoms with Crippen molar-refractivity contribution in [3.05, 3.63) is 65.7 Å². The molecule has 0 bridgehead atoms. The Morgan fingerprint density at radius 3 is 2.57 bits per heavy atom. The number of hydrogen-bond donors (Lipinski definition) is 0. The Labute approximate surface area is 124 Å². The van der Waals surface area contributed by atoms with E-state index in [9.17, 15) is 4.79 Å². The predicted octanol–water partition coefficient (Wildman–Crippen LogP) is 4.09. The van der Waals surface area contributed by atoms with Crippen LogP contribution in [-0.2, 0) is 11.3 Å². The van der Waals surface area contributed by atoms with E-state index >= 15 is 0 Å². The molecule has 1 fully saturated rings. The number of anilines is 1. The van der Waals surface area contributed by atoms with Crippen LogP contribution in [0.1, 0.15) is 29.9 Å². The Balaban J connectivity index is 1.52. The summed E-state index contributed by atoms with van der Waals surface area (Å²) in [7, 11) is 0. The number of benzene rings is 2. The molecule has 1 heterocycles. The molecule has 0 aromatic heterocycles. The van der Waals surface area contributed by atoms with Crippen LogP contribution in [0.15, 0.2) is 54.6 Å². The van der Waals surface area contributed by atoms with Crippen molar-refractivity contribution in [1.82, 2.24) is 0 Å². The molecule has 2 atom stereocenters. The lowest BCUT2D eigenvalue weighted by Crippen LogP contribution is -2.44. The Morgan fingerprint density at radius 2 is 1.81 bits per heavy atom. The van der Waals surface area contributed by atoms with Gasteiger partial charge in [0.1, 0.15) is 6.61 Å². The van der Waals surface area contributed by atoms with Crippen molar-refractivity contribution in [1.29, 1.82) is 0 Å². The molecule has 1 aliphatic carbocycles. The normalized spacial score (nSPS) is 22.2. The van der Waals surface area contributed by atoms with Gasteiger partial charge in [-0.3, -0.25) is 4.90 Å². The number of amides is 1. The van der Waals surface area contributed by atoms with Gasteiger partial charge in [-0.2, -0.15) is 0 Å². The monoisotopic (exact) mass is 279 g/mol. The van der Waals surface area contributed by atoms with Crippen LogP contribution in [0.25, 0.3) is 0 Å². The van der Waals surface area contributed by atoms with E-state index in [2.05, 4.69) is 6.07 Å². The fraction of sp³-hybridized carbons (Fsp3) is 0.278. The number of rotatable bonds is 2. The summed E-state index contributed by atoms with van der Waals surface area (Å²) in [5, 5.41) is 0. The molecule has 4 rings (SSSR count). The standard InChI is InChI=1S/C18H17NO2/c20-18(21-12-13-6-2-1-3-7-13)19-16-9-5-4-8-14(16)15-10-11-17(15)19/h1-9,15,17H,10-12H2. The van der Waals surface area contributed by atoms with Gasteiger partial charge in [0.25, 0.3) is 0 Å². The maximum atomic E-state index is 12.5. The van der Waals surface area contributed by atoms with Crippen molar-refractivity contribution in [3.63, 3.8) is 0 Å². The zero-order valence-electron chi connectivity index (χ0n) is 11.7. The second-order valence-corrected chi connectivity index (χ2v) is 5.72. The van der Waals surface area contributed by atoms with Gasteiger partial charge in [-0.1, -0.05) is 48.5 Å². The number of para-hydroxylation sites is 1. The largest absolute Gasteiger partial charge is 0.444 e. The van der Waals surface area contributed by atoms with Gasteiger partial charge >= 0.3 is 6.09 Å². The van der Waals surface area contributed by atoms with E-state index in [1.807, 2.05) is 53.4 Å². The van der Waals surface area contributed by atoms with Gasteiger partial charge in [-0.15, -0.1) is 0 Å². The molecule has 0 spiro atoms. The first kappa shape index (κ1) is 12.5. The van der Waals surface area contributed by atoms with Gasteiger partial charge in [0, 0.05) is 12.0 Å². The molecule has 0 radical (unpaired) electrons. The first-order valence-electron chi connectivity index (χ1n) is 7.43. The second kappa shape index (κ2) is 4.92. The summed E-state index contributed by atoms with van der Waals surface area (Å²) < 4.78 is 5.51. The average molecular weight is 279 g/mol. The number of fused-ring (bicyclic) bond motifs is 3. The highest BCUT2D eigenvalue weighted by atomic mass is 16.6. The molecule has 1 saturated carbocycles. The van der Waals surface area contributed by atoms with Gasteiger partial charge in [-0.25, -0.2) is 4.79 Å². The zero-order valence-corrected chi connectivity index (χ0v) is 11.7. The van der Waals surface area contributed by atoms with Gasteiger partial charge in [-0.05, 0) is 30.0 Å².